The van der Waals surface area contributed by atoms with Gasteiger partial charge < -0.3 is 0 Å². The number of hydrogen-bond acceptors (Lipinski definition) is 1. The monoisotopic (exact) mass is 685 g/mol. The molecule has 0 spiro atoms. The van der Waals surface area contributed by atoms with Gasteiger partial charge in [-0.2, -0.15) is 0 Å². The summed E-state index contributed by atoms with van der Waals surface area (Å²) < 4.78 is 0. The van der Waals surface area contributed by atoms with Crippen molar-refractivity contribution in [2.24, 2.45) is 23.2 Å². The third-order valence-electron chi connectivity index (χ3n) is 7.43. The zero-order valence-corrected chi connectivity index (χ0v) is 38.0. The fourth-order valence-corrected chi connectivity index (χ4v) is 4.49. The molecule has 0 N–H and O–H groups in total. The molecule has 48 heavy (non-hydrogen) atoms. The highest BCUT2D eigenvalue weighted by Gasteiger charge is 2.15. The molecule has 0 fully saturated rings. The van der Waals surface area contributed by atoms with E-state index in [-0.39, 0.29) is 5.41 Å². The fraction of sp³-hybridized carbons (Fsp3) is 0.936. The molecular formula is C47H104O. The van der Waals surface area contributed by atoms with Gasteiger partial charge in [-0.05, 0) is 48.9 Å². The number of carbonyl (C=O) groups is 1. The summed E-state index contributed by atoms with van der Waals surface area (Å²) in [6.07, 6.45) is 30.3. The summed E-state index contributed by atoms with van der Waals surface area (Å²) in [5.41, 5.74) is 0.229. The lowest BCUT2D eigenvalue weighted by Gasteiger charge is -2.21. The van der Waals surface area contributed by atoms with E-state index in [0.29, 0.717) is 11.7 Å². The first kappa shape index (κ1) is 62.5. The summed E-state index contributed by atoms with van der Waals surface area (Å²) in [6, 6.07) is 0. The number of allylic oxidation sites excluding steroid dienone is 1. The van der Waals surface area contributed by atoms with Crippen molar-refractivity contribution >= 4 is 5.78 Å². The third kappa shape index (κ3) is 85.3. The number of carbonyl (C=O) groups excluding carboxylic acids is 1. The molecule has 1 nitrogen and oxygen atoms in total. The molecule has 1 heteroatoms. The van der Waals surface area contributed by atoms with Gasteiger partial charge in [0.05, 0.1) is 0 Å². The van der Waals surface area contributed by atoms with Gasteiger partial charge in [0.1, 0.15) is 5.78 Å². The lowest BCUT2D eigenvalue weighted by Crippen LogP contribution is -2.10. The molecular weight excluding hydrogens is 581 g/mol. The Hall–Kier alpha value is -0.590. The minimum atomic E-state index is 0.229. The van der Waals surface area contributed by atoms with Crippen molar-refractivity contribution in [1.82, 2.24) is 0 Å². The maximum Gasteiger partial charge on any atom is 0.132 e. The normalized spacial score (nSPS) is 10.5. The Balaban J connectivity index is -0.000000145. The van der Waals surface area contributed by atoms with Gasteiger partial charge in [-0.25, -0.2) is 0 Å². The molecule has 0 radical (unpaired) electrons. The Morgan fingerprint density at radius 3 is 1.15 bits per heavy atom. The number of Topliss-reactive ketones (excluding diaryl/α,β-unsaturated/α-hetero) is 1. The van der Waals surface area contributed by atoms with Gasteiger partial charge in [0.15, 0.2) is 0 Å². The van der Waals surface area contributed by atoms with Gasteiger partial charge in [0, 0.05) is 12.8 Å². The maximum absolute atomic E-state index is 12.1. The molecule has 0 aliphatic rings. The van der Waals surface area contributed by atoms with Crippen molar-refractivity contribution < 1.29 is 4.79 Å². The van der Waals surface area contributed by atoms with Crippen LogP contribution >= 0.6 is 0 Å². The Morgan fingerprint density at radius 1 is 0.542 bits per heavy atom. The molecule has 1 unspecified atom stereocenters. The quantitative estimate of drug-likeness (QED) is 0.0730. The van der Waals surface area contributed by atoms with Crippen molar-refractivity contribution in [2.75, 3.05) is 0 Å². The highest BCUT2D eigenvalue weighted by Crippen LogP contribution is 2.27. The van der Waals surface area contributed by atoms with Gasteiger partial charge in [-0.15, -0.1) is 6.58 Å². The molecule has 0 aliphatic heterocycles. The van der Waals surface area contributed by atoms with Crippen LogP contribution in [-0.2, 0) is 4.79 Å². The Bertz CT molecular complexity index is 498. The van der Waals surface area contributed by atoms with Crippen LogP contribution in [0.4, 0.5) is 0 Å². The van der Waals surface area contributed by atoms with E-state index in [9.17, 15) is 4.79 Å². The summed E-state index contributed by atoms with van der Waals surface area (Å²) in [5, 5.41) is 0. The van der Waals surface area contributed by atoms with E-state index in [1.165, 1.54) is 116 Å². The van der Waals surface area contributed by atoms with Gasteiger partial charge in [0.2, 0.25) is 0 Å². The third-order valence-corrected chi connectivity index (χ3v) is 7.43. The van der Waals surface area contributed by atoms with E-state index >= 15 is 0 Å². The molecule has 0 bridgehead atoms. The molecule has 0 aromatic heterocycles. The van der Waals surface area contributed by atoms with E-state index in [1.807, 2.05) is 41.5 Å². The lowest BCUT2D eigenvalue weighted by molar-refractivity contribution is -0.119. The first-order chi connectivity index (χ1) is 22.8. The van der Waals surface area contributed by atoms with Crippen molar-refractivity contribution in [1.29, 1.82) is 0 Å². The number of rotatable bonds is 24. The average Bonchev–Trinajstić information content (AvgIpc) is 3.06. The molecule has 298 valence electrons. The predicted molar refractivity (Wildman–Crippen MR) is 232 cm³/mol. The highest BCUT2D eigenvalue weighted by atomic mass is 16.1. The van der Waals surface area contributed by atoms with Crippen LogP contribution in [0.25, 0.3) is 0 Å². The summed E-state index contributed by atoms with van der Waals surface area (Å²) in [7, 11) is 0. The second kappa shape index (κ2) is 58.6. The Kier molecular flexibility index (Phi) is 76.4. The van der Waals surface area contributed by atoms with Crippen molar-refractivity contribution in [3.05, 3.63) is 12.7 Å². The highest BCUT2D eigenvalue weighted by molar-refractivity contribution is 5.78. The first-order valence-corrected chi connectivity index (χ1v) is 22.0. The van der Waals surface area contributed by atoms with Gasteiger partial charge in [0.25, 0.3) is 0 Å². The van der Waals surface area contributed by atoms with Crippen LogP contribution < -0.4 is 0 Å². The maximum atomic E-state index is 12.1. The minimum Gasteiger partial charge on any atom is -0.300 e. The van der Waals surface area contributed by atoms with Gasteiger partial charge in [-0.1, -0.05) is 233 Å². The van der Waals surface area contributed by atoms with Crippen LogP contribution in [0.3, 0.4) is 0 Å². The van der Waals surface area contributed by atoms with Crippen molar-refractivity contribution in [3.63, 3.8) is 0 Å². The first-order valence-electron chi connectivity index (χ1n) is 22.0. The zero-order chi connectivity index (χ0) is 39.1. The average molecular weight is 685 g/mol. The Labute approximate surface area is 311 Å². The number of hydrogen-bond donors (Lipinski definition) is 0. The fourth-order valence-electron chi connectivity index (χ4n) is 4.49. The van der Waals surface area contributed by atoms with E-state index in [4.69, 9.17) is 0 Å². The number of unbranched alkanes of at least 4 members (excludes halogenated alkanes) is 13. The van der Waals surface area contributed by atoms with E-state index in [0.717, 1.165) is 37.5 Å². The second-order valence-corrected chi connectivity index (χ2v) is 14.9. The molecule has 1 atom stereocenters. The molecule has 0 aliphatic carbocycles. The molecule has 0 aromatic rings. The molecule has 0 saturated carbocycles. The van der Waals surface area contributed by atoms with Crippen LogP contribution in [0.5, 0.6) is 0 Å². The molecule has 0 heterocycles. The van der Waals surface area contributed by atoms with Gasteiger partial charge in [-0.3, -0.25) is 4.79 Å². The Morgan fingerprint density at radius 2 is 0.875 bits per heavy atom. The summed E-state index contributed by atoms with van der Waals surface area (Å²) in [6.45, 7) is 42.5. The van der Waals surface area contributed by atoms with Crippen LogP contribution in [0.15, 0.2) is 12.7 Å². The summed E-state index contributed by atoms with van der Waals surface area (Å²) in [5.74, 6) is 2.86. The van der Waals surface area contributed by atoms with Crippen LogP contribution in [0.2, 0.25) is 0 Å². The zero-order valence-electron chi connectivity index (χ0n) is 38.0. The summed E-state index contributed by atoms with van der Waals surface area (Å²) in [4.78, 5) is 12.1. The molecule has 0 rings (SSSR count). The standard InChI is InChI=1S/C28H54O.C6H14.C4H10.C3H8.3C2H6/c1-6-8-9-10-11-12-13-14-15-16-17-18-19-20-21-27(29)23-22-26(3)24-25-28(4,5)7-2;1-4-5-6(2)3;1-4(2)3;1-3-2;3*1-2/h7,26H,2,6,8-25H2,1,3-5H3;6H,4-5H2,1-3H3;4H,1-3H3;3H2,1-2H3;3*1-2H3. The van der Waals surface area contributed by atoms with E-state index in [1.54, 1.807) is 0 Å². The van der Waals surface area contributed by atoms with Crippen LogP contribution in [0.1, 0.15) is 266 Å². The van der Waals surface area contributed by atoms with Crippen molar-refractivity contribution in [2.45, 2.75) is 266 Å². The second-order valence-electron chi connectivity index (χ2n) is 14.9. The minimum absolute atomic E-state index is 0.229. The largest absolute Gasteiger partial charge is 0.300 e. The smallest absolute Gasteiger partial charge is 0.132 e. The molecule has 0 saturated heterocycles. The van der Waals surface area contributed by atoms with Gasteiger partial charge >= 0.3 is 0 Å². The van der Waals surface area contributed by atoms with Crippen LogP contribution in [-0.4, -0.2) is 5.78 Å². The van der Waals surface area contributed by atoms with E-state index in [2.05, 4.69) is 95.7 Å². The molecule has 0 amide bonds. The summed E-state index contributed by atoms with van der Waals surface area (Å²) >= 11 is 0. The van der Waals surface area contributed by atoms with Crippen LogP contribution in [0, 0.1) is 23.2 Å². The van der Waals surface area contributed by atoms with Crippen molar-refractivity contribution in [3.8, 4) is 0 Å². The predicted octanol–water partition coefficient (Wildman–Crippen LogP) is 18.4. The lowest BCUT2D eigenvalue weighted by atomic mass is 9.84. The van der Waals surface area contributed by atoms with E-state index < -0.39 is 0 Å². The molecule has 0 aromatic carbocycles. The number of ketones is 1. The SMILES string of the molecule is C=CC(C)(C)CCC(C)CCC(=O)CCCCCCCCCCCCCCCC.CC.CC.CC.CC(C)C.CCC.CCCC(C)C. The topological polar surface area (TPSA) is 17.1 Å².